The van der Waals surface area contributed by atoms with E-state index in [-0.39, 0.29) is 12.4 Å². The number of carbonyl (C=O) groups is 1. The fraction of sp³-hybridized carbons (Fsp3) is 0.111. The van der Waals surface area contributed by atoms with Gasteiger partial charge in [0.1, 0.15) is 11.4 Å². The van der Waals surface area contributed by atoms with Crippen LogP contribution in [0.3, 0.4) is 0 Å². The third-order valence-electron chi connectivity index (χ3n) is 3.24. The molecule has 1 heterocycles. The summed E-state index contributed by atoms with van der Waals surface area (Å²) in [4.78, 5) is 16.3. The molecule has 0 fully saturated rings. The van der Waals surface area contributed by atoms with Gasteiger partial charge in [-0.25, -0.2) is 9.78 Å². The number of nitrogens with zero attached hydrogens (tertiary/aromatic N) is 3. The Bertz CT molecular complexity index is 805. The number of rotatable bonds is 4. The highest BCUT2D eigenvalue weighted by atomic mass is 16.5. The van der Waals surface area contributed by atoms with Crippen LogP contribution in [0.5, 0.6) is 0 Å². The number of benzene rings is 2. The van der Waals surface area contributed by atoms with Crippen molar-refractivity contribution in [1.29, 1.82) is 0 Å². The minimum absolute atomic E-state index is 0.0367. The molecule has 0 saturated carbocycles. The second-order valence-corrected chi connectivity index (χ2v) is 4.79. The van der Waals surface area contributed by atoms with Crippen LogP contribution in [0.1, 0.15) is 17.5 Å². The molecule has 2 aromatic carbocycles. The summed E-state index contributed by atoms with van der Waals surface area (Å²) in [5.41, 5.74) is 2.99. The van der Waals surface area contributed by atoms with Crippen LogP contribution in [0.15, 0.2) is 60.7 Å². The van der Waals surface area contributed by atoms with Crippen molar-refractivity contribution in [3.8, 4) is 22.5 Å². The Labute approximate surface area is 134 Å². The smallest absolute Gasteiger partial charge is 0.378 e. The van der Waals surface area contributed by atoms with Crippen LogP contribution >= 0.6 is 0 Å². The third-order valence-corrected chi connectivity index (χ3v) is 3.24. The zero-order valence-electron chi connectivity index (χ0n) is 12.6. The third kappa shape index (κ3) is 3.23. The van der Waals surface area contributed by atoms with Crippen LogP contribution in [0.4, 0.5) is 0 Å². The largest absolute Gasteiger partial charge is 0.460 e. The highest BCUT2D eigenvalue weighted by Gasteiger charge is 2.17. The van der Waals surface area contributed by atoms with Gasteiger partial charge in [0.05, 0.1) is 6.61 Å². The van der Waals surface area contributed by atoms with Crippen LogP contribution in [0.2, 0.25) is 0 Å². The molecule has 5 nitrogen and oxygen atoms in total. The first-order valence-corrected chi connectivity index (χ1v) is 7.32. The lowest BCUT2D eigenvalue weighted by molar-refractivity contribution is 0.0510. The number of esters is 1. The van der Waals surface area contributed by atoms with Crippen molar-refractivity contribution in [2.75, 3.05) is 6.61 Å². The summed E-state index contributed by atoms with van der Waals surface area (Å²) in [6, 6.07) is 19.2. The Kier molecular flexibility index (Phi) is 4.38. The van der Waals surface area contributed by atoms with E-state index in [1.807, 2.05) is 60.7 Å². The quantitative estimate of drug-likeness (QED) is 0.691. The molecule has 0 aliphatic rings. The van der Waals surface area contributed by atoms with Crippen molar-refractivity contribution in [2.24, 2.45) is 0 Å². The normalized spacial score (nSPS) is 10.3. The average molecular weight is 305 g/mol. The van der Waals surface area contributed by atoms with Gasteiger partial charge < -0.3 is 4.74 Å². The van der Waals surface area contributed by atoms with Crippen LogP contribution in [-0.4, -0.2) is 27.8 Å². The van der Waals surface area contributed by atoms with Crippen molar-refractivity contribution in [3.63, 3.8) is 0 Å². The average Bonchev–Trinajstić information content (AvgIpc) is 2.63. The highest BCUT2D eigenvalue weighted by molar-refractivity contribution is 5.87. The maximum absolute atomic E-state index is 11.9. The van der Waals surface area contributed by atoms with Gasteiger partial charge in [0.2, 0.25) is 0 Å². The number of hydrogen-bond donors (Lipinski definition) is 0. The molecule has 0 radical (unpaired) electrons. The molecule has 5 heteroatoms. The van der Waals surface area contributed by atoms with Crippen molar-refractivity contribution < 1.29 is 9.53 Å². The van der Waals surface area contributed by atoms with Crippen molar-refractivity contribution in [2.45, 2.75) is 6.92 Å². The fourth-order valence-electron chi connectivity index (χ4n) is 2.20. The zero-order valence-corrected chi connectivity index (χ0v) is 12.6. The van der Waals surface area contributed by atoms with Gasteiger partial charge in [-0.05, 0) is 6.92 Å². The number of carbonyl (C=O) groups excluding carboxylic acids is 1. The minimum atomic E-state index is -0.572. The maximum atomic E-state index is 11.9. The molecule has 0 aliphatic carbocycles. The monoisotopic (exact) mass is 305 g/mol. The second-order valence-electron chi connectivity index (χ2n) is 4.79. The first-order valence-electron chi connectivity index (χ1n) is 7.32. The van der Waals surface area contributed by atoms with E-state index >= 15 is 0 Å². The summed E-state index contributed by atoms with van der Waals surface area (Å²) in [5, 5.41) is 8.14. The lowest BCUT2D eigenvalue weighted by atomic mass is 10.0. The molecule has 114 valence electrons. The number of hydrogen-bond acceptors (Lipinski definition) is 5. The molecule has 0 amide bonds. The summed E-state index contributed by atoms with van der Waals surface area (Å²) in [7, 11) is 0. The Morgan fingerprint density at radius 3 is 2.00 bits per heavy atom. The van der Waals surface area contributed by atoms with Gasteiger partial charge in [-0.3, -0.25) is 0 Å². The van der Waals surface area contributed by atoms with E-state index in [1.54, 1.807) is 6.92 Å². The topological polar surface area (TPSA) is 65.0 Å². The molecule has 3 aromatic rings. The van der Waals surface area contributed by atoms with E-state index < -0.39 is 5.97 Å². The molecule has 0 N–H and O–H groups in total. The summed E-state index contributed by atoms with van der Waals surface area (Å²) in [6.07, 6.45) is 0. The van der Waals surface area contributed by atoms with E-state index in [2.05, 4.69) is 15.2 Å². The first kappa shape index (κ1) is 14.8. The molecule has 0 atom stereocenters. The molecule has 0 unspecified atom stereocenters. The van der Waals surface area contributed by atoms with Gasteiger partial charge in [-0.2, -0.15) is 0 Å². The van der Waals surface area contributed by atoms with E-state index in [0.717, 1.165) is 11.1 Å². The van der Waals surface area contributed by atoms with Gasteiger partial charge in [-0.15, -0.1) is 10.2 Å². The Morgan fingerprint density at radius 1 is 0.870 bits per heavy atom. The molecular formula is C18H15N3O2. The molecule has 23 heavy (non-hydrogen) atoms. The molecule has 1 aromatic heterocycles. The Balaban J connectivity index is 2.15. The molecule has 3 rings (SSSR count). The summed E-state index contributed by atoms with van der Waals surface area (Å²) < 4.78 is 4.96. The summed E-state index contributed by atoms with van der Waals surface area (Å²) >= 11 is 0. The predicted molar refractivity (Wildman–Crippen MR) is 86.7 cm³/mol. The van der Waals surface area contributed by atoms with E-state index in [9.17, 15) is 4.79 Å². The Hall–Kier alpha value is -3.08. The molecule has 0 saturated heterocycles. The first-order chi connectivity index (χ1) is 11.3. The van der Waals surface area contributed by atoms with Crippen LogP contribution < -0.4 is 0 Å². The van der Waals surface area contributed by atoms with Gasteiger partial charge in [0, 0.05) is 11.1 Å². The minimum Gasteiger partial charge on any atom is -0.460 e. The van der Waals surface area contributed by atoms with Crippen molar-refractivity contribution in [3.05, 3.63) is 66.5 Å². The summed E-state index contributed by atoms with van der Waals surface area (Å²) in [6.45, 7) is 2.01. The van der Waals surface area contributed by atoms with Crippen molar-refractivity contribution in [1.82, 2.24) is 15.2 Å². The van der Waals surface area contributed by atoms with Crippen LogP contribution in [0.25, 0.3) is 22.5 Å². The lowest BCUT2D eigenvalue weighted by Crippen LogP contribution is -2.12. The molecule has 0 bridgehead atoms. The van der Waals surface area contributed by atoms with Crippen LogP contribution in [-0.2, 0) is 4.74 Å². The molecule has 0 aliphatic heterocycles. The van der Waals surface area contributed by atoms with Gasteiger partial charge in [0.25, 0.3) is 5.82 Å². The maximum Gasteiger partial charge on any atom is 0.378 e. The standard InChI is InChI=1S/C18H15N3O2/c1-2-23-18(22)17-19-15(13-9-5-3-6-10-13)16(20-21-17)14-11-7-4-8-12-14/h3-12H,2H2,1H3. The SMILES string of the molecule is CCOC(=O)c1nnc(-c2ccccc2)c(-c2ccccc2)n1. The van der Waals surface area contributed by atoms with Crippen molar-refractivity contribution >= 4 is 5.97 Å². The molecular weight excluding hydrogens is 290 g/mol. The molecule has 0 spiro atoms. The Morgan fingerprint density at radius 2 is 1.43 bits per heavy atom. The van der Waals surface area contributed by atoms with E-state index in [0.29, 0.717) is 11.4 Å². The summed E-state index contributed by atoms with van der Waals surface area (Å²) in [5.74, 6) is -0.609. The second kappa shape index (κ2) is 6.79. The van der Waals surface area contributed by atoms with Gasteiger partial charge in [-0.1, -0.05) is 60.7 Å². The zero-order chi connectivity index (χ0) is 16.1. The number of ether oxygens (including phenoxy) is 1. The van der Waals surface area contributed by atoms with E-state index in [1.165, 1.54) is 0 Å². The fourth-order valence-corrected chi connectivity index (χ4v) is 2.20. The predicted octanol–water partition coefficient (Wildman–Crippen LogP) is 3.38. The van der Waals surface area contributed by atoms with Gasteiger partial charge >= 0.3 is 5.97 Å². The van der Waals surface area contributed by atoms with Gasteiger partial charge in [0.15, 0.2) is 0 Å². The number of aromatic nitrogens is 3. The van der Waals surface area contributed by atoms with Crippen LogP contribution in [0, 0.1) is 0 Å². The highest BCUT2D eigenvalue weighted by Crippen LogP contribution is 2.27. The lowest BCUT2D eigenvalue weighted by Gasteiger charge is -2.09. The van der Waals surface area contributed by atoms with E-state index in [4.69, 9.17) is 4.74 Å².